The fourth-order valence-electron chi connectivity index (χ4n) is 2.23. The van der Waals surface area contributed by atoms with Gasteiger partial charge in [0.2, 0.25) is 0 Å². The Morgan fingerprint density at radius 1 is 1.26 bits per heavy atom. The van der Waals surface area contributed by atoms with Crippen LogP contribution in [0.5, 0.6) is 5.75 Å². The smallest absolute Gasteiger partial charge is 0.336 e. The molecule has 0 unspecified atom stereocenters. The van der Waals surface area contributed by atoms with Crippen LogP contribution in [0, 0.1) is 6.92 Å². The quantitative estimate of drug-likeness (QED) is 0.447. The number of hydrogen-bond donors (Lipinski definition) is 1. The maximum Gasteiger partial charge on any atom is 0.336 e. The van der Waals surface area contributed by atoms with Gasteiger partial charge in [0.15, 0.2) is 5.16 Å². The standard InChI is InChI=1S/C16H15N3O3S/c1-9-5-14(17)19-16(18-9)23-8-10-6-15(20)22-13-7-11(21-2)3-4-12(10)13/h3-7H,8H2,1-2H3,(H2,17,18,19). The number of anilines is 1. The van der Waals surface area contributed by atoms with Gasteiger partial charge >= 0.3 is 5.63 Å². The SMILES string of the molecule is COc1ccc2c(CSc3nc(C)cc(N)n3)cc(=O)oc2c1. The van der Waals surface area contributed by atoms with Crippen molar-refractivity contribution >= 4 is 28.5 Å². The van der Waals surface area contributed by atoms with Crippen LogP contribution in [0.2, 0.25) is 0 Å². The van der Waals surface area contributed by atoms with E-state index < -0.39 is 5.63 Å². The van der Waals surface area contributed by atoms with Crippen molar-refractivity contribution < 1.29 is 9.15 Å². The number of rotatable bonds is 4. The summed E-state index contributed by atoms with van der Waals surface area (Å²) in [5, 5.41) is 1.44. The molecule has 7 heteroatoms. The summed E-state index contributed by atoms with van der Waals surface area (Å²) >= 11 is 1.42. The number of aromatic nitrogens is 2. The highest BCUT2D eigenvalue weighted by Crippen LogP contribution is 2.27. The monoisotopic (exact) mass is 329 g/mol. The second-order valence-corrected chi connectivity index (χ2v) is 5.90. The first-order valence-corrected chi connectivity index (χ1v) is 7.88. The first kappa shape index (κ1) is 15.4. The van der Waals surface area contributed by atoms with Crippen molar-refractivity contribution in [2.24, 2.45) is 0 Å². The number of fused-ring (bicyclic) bond motifs is 1. The van der Waals surface area contributed by atoms with Crippen LogP contribution >= 0.6 is 11.8 Å². The maximum absolute atomic E-state index is 11.8. The molecular weight excluding hydrogens is 314 g/mol. The van der Waals surface area contributed by atoms with Crippen molar-refractivity contribution in [2.45, 2.75) is 17.8 Å². The molecule has 2 heterocycles. The topological polar surface area (TPSA) is 91.2 Å². The molecule has 0 spiro atoms. The molecule has 1 aromatic carbocycles. The highest BCUT2D eigenvalue weighted by molar-refractivity contribution is 7.98. The van der Waals surface area contributed by atoms with Gasteiger partial charge in [-0.2, -0.15) is 0 Å². The Labute approximate surface area is 136 Å². The number of nitrogens with two attached hydrogens (primary N) is 1. The molecular formula is C16H15N3O3S. The number of ether oxygens (including phenoxy) is 1. The normalized spacial score (nSPS) is 10.9. The second-order valence-electron chi connectivity index (χ2n) is 4.96. The summed E-state index contributed by atoms with van der Waals surface area (Å²) in [5.74, 6) is 1.61. The molecule has 0 aliphatic heterocycles. The van der Waals surface area contributed by atoms with Crippen LogP contribution in [0.25, 0.3) is 11.0 Å². The van der Waals surface area contributed by atoms with E-state index in [-0.39, 0.29) is 0 Å². The number of methoxy groups -OCH3 is 1. The summed E-state index contributed by atoms with van der Waals surface area (Å²) < 4.78 is 10.4. The first-order chi connectivity index (χ1) is 11.0. The largest absolute Gasteiger partial charge is 0.497 e. The lowest BCUT2D eigenvalue weighted by Gasteiger charge is -2.07. The van der Waals surface area contributed by atoms with Crippen LogP contribution < -0.4 is 16.1 Å². The van der Waals surface area contributed by atoms with Crippen LogP contribution in [0.3, 0.4) is 0 Å². The molecule has 23 heavy (non-hydrogen) atoms. The average molecular weight is 329 g/mol. The van der Waals surface area contributed by atoms with E-state index in [1.165, 1.54) is 17.8 Å². The first-order valence-electron chi connectivity index (χ1n) is 6.90. The number of nitrogens with zero attached hydrogens (tertiary/aromatic N) is 2. The van der Waals surface area contributed by atoms with Gasteiger partial charge in [-0.3, -0.25) is 0 Å². The molecule has 0 saturated carbocycles. The van der Waals surface area contributed by atoms with Crippen LogP contribution in [-0.4, -0.2) is 17.1 Å². The molecule has 0 radical (unpaired) electrons. The Bertz CT molecular complexity index is 904. The van der Waals surface area contributed by atoms with Gasteiger partial charge in [-0.15, -0.1) is 0 Å². The summed E-state index contributed by atoms with van der Waals surface area (Å²) in [6.45, 7) is 1.86. The van der Waals surface area contributed by atoms with Gasteiger partial charge in [-0.1, -0.05) is 11.8 Å². The van der Waals surface area contributed by atoms with E-state index in [0.717, 1.165) is 16.6 Å². The van der Waals surface area contributed by atoms with Gasteiger partial charge in [0, 0.05) is 35.0 Å². The molecule has 0 fully saturated rings. The molecule has 3 aromatic rings. The maximum atomic E-state index is 11.8. The zero-order valence-electron chi connectivity index (χ0n) is 12.7. The number of thioether (sulfide) groups is 1. The van der Waals surface area contributed by atoms with Gasteiger partial charge < -0.3 is 14.9 Å². The fourth-order valence-corrected chi connectivity index (χ4v) is 3.13. The number of hydrogen-bond acceptors (Lipinski definition) is 7. The lowest BCUT2D eigenvalue weighted by Crippen LogP contribution is -2.01. The van der Waals surface area contributed by atoms with E-state index in [2.05, 4.69) is 9.97 Å². The van der Waals surface area contributed by atoms with E-state index >= 15 is 0 Å². The second kappa shape index (κ2) is 6.29. The summed E-state index contributed by atoms with van der Waals surface area (Å²) in [6.07, 6.45) is 0. The molecule has 2 N–H and O–H groups in total. The molecule has 0 bridgehead atoms. The Kier molecular flexibility index (Phi) is 4.20. The van der Waals surface area contributed by atoms with Gasteiger partial charge in [-0.25, -0.2) is 14.8 Å². The van der Waals surface area contributed by atoms with Gasteiger partial charge in [-0.05, 0) is 24.6 Å². The third kappa shape index (κ3) is 3.45. The number of aryl methyl sites for hydroxylation is 1. The van der Waals surface area contributed by atoms with Crippen LogP contribution in [0.4, 0.5) is 5.82 Å². The van der Waals surface area contributed by atoms with E-state index in [1.807, 2.05) is 19.1 Å². The summed E-state index contributed by atoms with van der Waals surface area (Å²) in [5.41, 5.74) is 7.49. The minimum Gasteiger partial charge on any atom is -0.497 e. The van der Waals surface area contributed by atoms with Crippen LogP contribution in [0.1, 0.15) is 11.3 Å². The van der Waals surface area contributed by atoms with Crippen molar-refractivity contribution in [3.63, 3.8) is 0 Å². The van der Waals surface area contributed by atoms with Gasteiger partial charge in [0.1, 0.15) is 17.2 Å². The summed E-state index contributed by atoms with van der Waals surface area (Å²) in [4.78, 5) is 20.3. The summed E-state index contributed by atoms with van der Waals surface area (Å²) in [6, 6.07) is 8.60. The van der Waals surface area contributed by atoms with Crippen LogP contribution in [0.15, 0.2) is 44.7 Å². The minimum atomic E-state index is -0.397. The lowest BCUT2D eigenvalue weighted by molar-refractivity contribution is 0.414. The van der Waals surface area contributed by atoms with Crippen molar-refractivity contribution in [2.75, 3.05) is 12.8 Å². The number of nitrogen functional groups attached to an aromatic ring is 1. The van der Waals surface area contributed by atoms with Crippen molar-refractivity contribution in [1.29, 1.82) is 0 Å². The van der Waals surface area contributed by atoms with E-state index in [4.69, 9.17) is 14.9 Å². The predicted molar refractivity (Wildman–Crippen MR) is 89.8 cm³/mol. The Morgan fingerprint density at radius 3 is 2.83 bits per heavy atom. The van der Waals surface area contributed by atoms with E-state index in [9.17, 15) is 4.79 Å². The van der Waals surface area contributed by atoms with Crippen molar-refractivity contribution in [3.05, 3.63) is 52.0 Å². The molecule has 0 saturated heterocycles. The van der Waals surface area contributed by atoms with E-state index in [1.54, 1.807) is 19.2 Å². The minimum absolute atomic E-state index is 0.397. The molecule has 0 amide bonds. The Morgan fingerprint density at radius 2 is 2.09 bits per heavy atom. The lowest BCUT2D eigenvalue weighted by atomic mass is 10.1. The molecule has 6 nitrogen and oxygen atoms in total. The molecule has 3 rings (SSSR count). The Hall–Kier alpha value is -2.54. The predicted octanol–water partition coefficient (Wildman–Crippen LogP) is 2.77. The molecule has 0 atom stereocenters. The van der Waals surface area contributed by atoms with E-state index in [0.29, 0.717) is 28.1 Å². The highest BCUT2D eigenvalue weighted by Gasteiger charge is 2.09. The fraction of sp³-hybridized carbons (Fsp3) is 0.188. The van der Waals surface area contributed by atoms with Crippen molar-refractivity contribution in [3.8, 4) is 5.75 Å². The summed E-state index contributed by atoms with van der Waals surface area (Å²) in [7, 11) is 1.57. The van der Waals surface area contributed by atoms with Crippen molar-refractivity contribution in [1.82, 2.24) is 9.97 Å². The Balaban J connectivity index is 1.94. The van der Waals surface area contributed by atoms with Crippen LogP contribution in [-0.2, 0) is 5.75 Å². The third-order valence-corrected chi connectivity index (χ3v) is 4.14. The van der Waals surface area contributed by atoms with Gasteiger partial charge in [0.25, 0.3) is 0 Å². The number of benzene rings is 1. The molecule has 0 aliphatic rings. The third-order valence-electron chi connectivity index (χ3n) is 3.25. The highest BCUT2D eigenvalue weighted by atomic mass is 32.2. The zero-order valence-corrected chi connectivity index (χ0v) is 13.5. The molecule has 2 aromatic heterocycles. The average Bonchev–Trinajstić information content (AvgIpc) is 2.50. The van der Waals surface area contributed by atoms with Gasteiger partial charge in [0.05, 0.1) is 7.11 Å². The molecule has 0 aliphatic carbocycles. The molecule has 118 valence electrons. The zero-order chi connectivity index (χ0) is 16.4.